The summed E-state index contributed by atoms with van der Waals surface area (Å²) < 4.78 is 15.9. The van der Waals surface area contributed by atoms with Gasteiger partial charge in [-0.3, -0.25) is 9.69 Å². The highest BCUT2D eigenvalue weighted by molar-refractivity contribution is 6.00. The van der Waals surface area contributed by atoms with Gasteiger partial charge in [0, 0.05) is 18.8 Å². The van der Waals surface area contributed by atoms with Gasteiger partial charge in [0.15, 0.2) is 0 Å². The minimum Gasteiger partial charge on any atom is -0.334 e. The zero-order valence-corrected chi connectivity index (χ0v) is 20.3. The van der Waals surface area contributed by atoms with Crippen molar-refractivity contribution in [1.82, 2.24) is 14.8 Å². The second-order valence-electron chi connectivity index (χ2n) is 9.51. The number of anilines is 1. The van der Waals surface area contributed by atoms with Crippen LogP contribution in [0.25, 0.3) is 5.69 Å². The molecule has 1 aromatic heterocycles. The van der Waals surface area contributed by atoms with Crippen LogP contribution in [0.5, 0.6) is 0 Å². The first-order valence-corrected chi connectivity index (χ1v) is 12.5. The number of carbonyl (C=O) groups excluding carboxylic acids is 2. The van der Waals surface area contributed by atoms with E-state index in [-0.39, 0.29) is 30.3 Å². The first-order chi connectivity index (χ1) is 18.1. The maximum Gasteiger partial charge on any atom is 0.318 e. The van der Waals surface area contributed by atoms with Crippen molar-refractivity contribution in [2.24, 2.45) is 0 Å². The zero-order valence-electron chi connectivity index (χ0n) is 20.3. The van der Waals surface area contributed by atoms with E-state index in [4.69, 9.17) is 0 Å². The maximum absolute atomic E-state index is 14.1. The molecule has 37 heavy (non-hydrogen) atoms. The van der Waals surface area contributed by atoms with E-state index in [1.807, 2.05) is 72.9 Å². The normalized spacial score (nSPS) is 16.0. The van der Waals surface area contributed by atoms with Crippen molar-refractivity contribution < 1.29 is 14.0 Å². The second-order valence-corrected chi connectivity index (χ2v) is 9.51. The number of nitrogens with zero attached hydrogens (tertiary/aromatic N) is 3. The number of fused-ring (bicyclic) bond motifs is 3. The molecule has 6 rings (SSSR count). The summed E-state index contributed by atoms with van der Waals surface area (Å²) in [5.74, 6) is -0.515. The minimum absolute atomic E-state index is 0.0436. The molecule has 2 aliphatic rings. The molecule has 7 heteroatoms. The third kappa shape index (κ3) is 4.48. The quantitative estimate of drug-likeness (QED) is 0.389. The van der Waals surface area contributed by atoms with Gasteiger partial charge in [-0.05, 0) is 60.4 Å². The van der Waals surface area contributed by atoms with E-state index in [0.717, 1.165) is 41.0 Å². The molecule has 0 saturated heterocycles. The third-order valence-electron chi connectivity index (χ3n) is 7.01. The molecule has 1 atom stereocenters. The molecule has 3 amide bonds. The molecule has 3 aromatic carbocycles. The van der Waals surface area contributed by atoms with E-state index in [2.05, 4.69) is 9.88 Å². The summed E-state index contributed by atoms with van der Waals surface area (Å²) in [6, 6.07) is 27.0. The lowest BCUT2D eigenvalue weighted by Crippen LogP contribution is -2.49. The fraction of sp³-hybridized carbons (Fsp3) is 0.200. The van der Waals surface area contributed by atoms with Crippen LogP contribution >= 0.6 is 0 Å². The summed E-state index contributed by atoms with van der Waals surface area (Å²) in [5, 5.41) is 2.98. The number of urea groups is 1. The minimum atomic E-state index is -0.452. The van der Waals surface area contributed by atoms with Crippen molar-refractivity contribution in [3.8, 4) is 5.69 Å². The Morgan fingerprint density at radius 3 is 2.30 bits per heavy atom. The van der Waals surface area contributed by atoms with Crippen LogP contribution in [0.2, 0.25) is 0 Å². The van der Waals surface area contributed by atoms with Gasteiger partial charge in [-0.2, -0.15) is 0 Å². The van der Waals surface area contributed by atoms with Crippen LogP contribution in [0.3, 0.4) is 0 Å². The van der Waals surface area contributed by atoms with Crippen molar-refractivity contribution in [3.63, 3.8) is 0 Å². The first kappa shape index (κ1) is 23.0. The molecule has 1 saturated carbocycles. The number of hydrogen-bond donors (Lipinski definition) is 1. The average molecular weight is 495 g/mol. The number of rotatable bonds is 6. The topological polar surface area (TPSA) is 57.6 Å². The van der Waals surface area contributed by atoms with Crippen LogP contribution < -0.4 is 10.2 Å². The van der Waals surface area contributed by atoms with Crippen LogP contribution in [0.1, 0.15) is 35.7 Å². The fourth-order valence-electron chi connectivity index (χ4n) is 5.07. The van der Waals surface area contributed by atoms with E-state index in [1.165, 1.54) is 12.1 Å². The van der Waals surface area contributed by atoms with Crippen LogP contribution in [-0.2, 0) is 11.3 Å². The molecular formula is C30H27FN4O2. The third-order valence-corrected chi connectivity index (χ3v) is 7.01. The summed E-state index contributed by atoms with van der Waals surface area (Å²) >= 11 is 0. The highest BCUT2D eigenvalue weighted by atomic mass is 19.1. The van der Waals surface area contributed by atoms with E-state index in [1.54, 1.807) is 21.9 Å². The predicted octanol–water partition coefficient (Wildman–Crippen LogP) is 5.43. The molecule has 4 aromatic rings. The number of hydrogen-bond acceptors (Lipinski definition) is 2. The van der Waals surface area contributed by atoms with Gasteiger partial charge in [0.1, 0.15) is 18.4 Å². The predicted molar refractivity (Wildman–Crippen MR) is 140 cm³/mol. The highest BCUT2D eigenvalue weighted by Gasteiger charge is 2.40. The number of benzene rings is 3. The molecule has 1 aliphatic heterocycles. The molecule has 0 spiro atoms. The molecule has 1 aliphatic carbocycles. The largest absolute Gasteiger partial charge is 0.334 e. The Balaban J connectivity index is 1.32. The smallest absolute Gasteiger partial charge is 0.318 e. The van der Waals surface area contributed by atoms with Crippen LogP contribution in [-0.4, -0.2) is 34.0 Å². The monoisotopic (exact) mass is 494 g/mol. The SMILES string of the molecule is O=C(NCc1ccccc1)N(CC(=O)N1c2ccccc2-n2cccc2C1c1ccc(F)cc1)C1CC1. The lowest BCUT2D eigenvalue weighted by molar-refractivity contribution is -0.119. The first-order valence-electron chi connectivity index (χ1n) is 12.5. The number of carbonyl (C=O) groups is 2. The Kier molecular flexibility index (Phi) is 5.96. The van der Waals surface area contributed by atoms with Gasteiger partial charge in [0.2, 0.25) is 5.91 Å². The Hall–Kier alpha value is -4.39. The van der Waals surface area contributed by atoms with E-state index < -0.39 is 6.04 Å². The van der Waals surface area contributed by atoms with E-state index >= 15 is 0 Å². The number of aromatic nitrogens is 1. The number of nitrogens with one attached hydrogen (secondary N) is 1. The van der Waals surface area contributed by atoms with Crippen molar-refractivity contribution in [2.45, 2.75) is 31.5 Å². The lowest BCUT2D eigenvalue weighted by Gasteiger charge is -2.39. The number of amides is 3. The molecule has 1 fully saturated rings. The lowest BCUT2D eigenvalue weighted by atomic mass is 9.97. The highest BCUT2D eigenvalue weighted by Crippen LogP contribution is 2.42. The van der Waals surface area contributed by atoms with Crippen molar-refractivity contribution in [1.29, 1.82) is 0 Å². The standard InChI is InChI=1S/C30H27FN4O2/c31-23-14-12-22(13-15-23)29-27-11-6-18-33(27)25-9-4-5-10-26(25)35(29)28(36)20-34(24-16-17-24)30(37)32-19-21-7-2-1-3-8-21/h1-15,18,24,29H,16-17,19-20H2,(H,32,37). The van der Waals surface area contributed by atoms with Gasteiger partial charge in [-0.25, -0.2) is 9.18 Å². The molecule has 1 N–H and O–H groups in total. The summed E-state index contributed by atoms with van der Waals surface area (Å²) in [5.41, 5.74) is 4.35. The van der Waals surface area contributed by atoms with Crippen LogP contribution in [0.15, 0.2) is 97.2 Å². The van der Waals surface area contributed by atoms with Crippen LogP contribution in [0.4, 0.5) is 14.9 Å². The van der Waals surface area contributed by atoms with Gasteiger partial charge in [0.05, 0.1) is 17.1 Å². The van der Waals surface area contributed by atoms with Crippen LogP contribution in [0, 0.1) is 5.82 Å². The number of halogens is 1. The Morgan fingerprint density at radius 1 is 0.865 bits per heavy atom. The Morgan fingerprint density at radius 2 is 1.57 bits per heavy atom. The molecular weight excluding hydrogens is 467 g/mol. The van der Waals surface area contributed by atoms with Crippen molar-refractivity contribution in [3.05, 3.63) is 120 Å². The number of para-hydroxylation sites is 2. The average Bonchev–Trinajstić information content (AvgIpc) is 3.65. The van der Waals surface area contributed by atoms with Gasteiger partial charge in [-0.1, -0.05) is 54.6 Å². The molecule has 186 valence electrons. The Bertz CT molecular complexity index is 1430. The maximum atomic E-state index is 14.1. The molecule has 1 unspecified atom stereocenters. The fourth-order valence-corrected chi connectivity index (χ4v) is 5.07. The van der Waals surface area contributed by atoms with E-state index in [0.29, 0.717) is 6.54 Å². The van der Waals surface area contributed by atoms with Crippen molar-refractivity contribution >= 4 is 17.6 Å². The Labute approximate surface area is 214 Å². The zero-order chi connectivity index (χ0) is 25.4. The molecule has 0 radical (unpaired) electrons. The van der Waals surface area contributed by atoms with Crippen molar-refractivity contribution in [2.75, 3.05) is 11.4 Å². The van der Waals surface area contributed by atoms with Gasteiger partial charge in [0.25, 0.3) is 0 Å². The molecule has 0 bridgehead atoms. The molecule has 6 nitrogen and oxygen atoms in total. The summed E-state index contributed by atoms with van der Waals surface area (Å²) in [4.78, 5) is 30.7. The van der Waals surface area contributed by atoms with Gasteiger partial charge < -0.3 is 14.8 Å². The summed E-state index contributed by atoms with van der Waals surface area (Å²) in [6.45, 7) is 0.355. The van der Waals surface area contributed by atoms with Gasteiger partial charge >= 0.3 is 6.03 Å². The summed E-state index contributed by atoms with van der Waals surface area (Å²) in [7, 11) is 0. The summed E-state index contributed by atoms with van der Waals surface area (Å²) in [6.07, 6.45) is 3.74. The van der Waals surface area contributed by atoms with Gasteiger partial charge in [-0.15, -0.1) is 0 Å². The molecule has 2 heterocycles. The second kappa shape index (κ2) is 9.58. The van der Waals surface area contributed by atoms with E-state index in [9.17, 15) is 14.0 Å².